The molecule has 1 aromatic heterocycles. The third-order valence-corrected chi connectivity index (χ3v) is 5.44. The van der Waals surface area contributed by atoms with Gasteiger partial charge in [-0.25, -0.2) is 13.1 Å². The Morgan fingerprint density at radius 1 is 1.56 bits per heavy atom. The van der Waals surface area contributed by atoms with E-state index in [2.05, 4.69) is 4.72 Å². The standard InChI is InChI=1S/C11H20N2O3S2/c1-8(4-5-16-3)13-18(14,15)11-6-10(7-12)17-9(11)2/h6,8,13H,4-5,7,12H2,1-3H3. The molecule has 0 aliphatic heterocycles. The molecule has 0 spiro atoms. The van der Waals surface area contributed by atoms with Gasteiger partial charge in [0.05, 0.1) is 4.90 Å². The summed E-state index contributed by atoms with van der Waals surface area (Å²) in [7, 11) is -1.87. The lowest BCUT2D eigenvalue weighted by Crippen LogP contribution is -2.33. The zero-order valence-electron chi connectivity index (χ0n) is 10.9. The van der Waals surface area contributed by atoms with Gasteiger partial charge in [0.25, 0.3) is 0 Å². The van der Waals surface area contributed by atoms with Crippen LogP contribution in [0.1, 0.15) is 23.1 Å². The van der Waals surface area contributed by atoms with Gasteiger partial charge in [-0.15, -0.1) is 11.3 Å². The lowest BCUT2D eigenvalue weighted by molar-refractivity contribution is 0.188. The van der Waals surface area contributed by atoms with Crippen LogP contribution in [-0.2, 0) is 21.3 Å². The van der Waals surface area contributed by atoms with Gasteiger partial charge < -0.3 is 10.5 Å². The second-order valence-corrected chi connectivity index (χ2v) is 7.16. The first-order valence-electron chi connectivity index (χ1n) is 5.71. The molecule has 0 aliphatic rings. The molecule has 0 bridgehead atoms. The van der Waals surface area contributed by atoms with Crippen LogP contribution >= 0.6 is 11.3 Å². The van der Waals surface area contributed by atoms with Crippen LogP contribution in [0.3, 0.4) is 0 Å². The van der Waals surface area contributed by atoms with Gasteiger partial charge in [0.15, 0.2) is 0 Å². The Morgan fingerprint density at radius 2 is 2.22 bits per heavy atom. The molecule has 0 saturated heterocycles. The van der Waals surface area contributed by atoms with Crippen molar-refractivity contribution in [3.05, 3.63) is 15.8 Å². The van der Waals surface area contributed by atoms with E-state index in [-0.39, 0.29) is 6.04 Å². The molecular weight excluding hydrogens is 272 g/mol. The Hall–Kier alpha value is -0.470. The van der Waals surface area contributed by atoms with Crippen molar-refractivity contribution < 1.29 is 13.2 Å². The Bertz CT molecular complexity index is 482. The molecule has 0 saturated carbocycles. The second-order valence-electron chi connectivity index (χ2n) is 4.14. The minimum Gasteiger partial charge on any atom is -0.385 e. The number of rotatable bonds is 7. The average Bonchev–Trinajstić information content (AvgIpc) is 2.68. The van der Waals surface area contributed by atoms with Crippen LogP contribution in [0.2, 0.25) is 0 Å². The van der Waals surface area contributed by atoms with Gasteiger partial charge in [-0.2, -0.15) is 0 Å². The third-order valence-electron chi connectivity index (χ3n) is 2.53. The predicted octanol–water partition coefficient (Wildman–Crippen LogP) is 1.22. The molecule has 18 heavy (non-hydrogen) atoms. The zero-order valence-corrected chi connectivity index (χ0v) is 12.5. The highest BCUT2D eigenvalue weighted by molar-refractivity contribution is 7.89. The summed E-state index contributed by atoms with van der Waals surface area (Å²) >= 11 is 1.42. The van der Waals surface area contributed by atoms with Crippen molar-refractivity contribution in [1.82, 2.24) is 4.72 Å². The number of hydrogen-bond acceptors (Lipinski definition) is 5. The van der Waals surface area contributed by atoms with Crippen LogP contribution in [0.5, 0.6) is 0 Å². The van der Waals surface area contributed by atoms with Crippen LogP contribution in [-0.4, -0.2) is 28.2 Å². The number of nitrogens with one attached hydrogen (secondary N) is 1. The zero-order chi connectivity index (χ0) is 13.8. The minimum atomic E-state index is -3.46. The maximum absolute atomic E-state index is 12.2. The molecule has 0 radical (unpaired) electrons. The first-order chi connectivity index (χ1) is 8.40. The number of thiophene rings is 1. The van der Waals surface area contributed by atoms with Gasteiger partial charge in [-0.3, -0.25) is 0 Å². The van der Waals surface area contributed by atoms with E-state index in [0.717, 1.165) is 9.75 Å². The molecule has 104 valence electrons. The average molecular weight is 292 g/mol. The van der Waals surface area contributed by atoms with Gasteiger partial charge in [-0.05, 0) is 26.3 Å². The highest BCUT2D eigenvalue weighted by Crippen LogP contribution is 2.25. The molecule has 1 aromatic rings. The molecular formula is C11H20N2O3S2. The van der Waals surface area contributed by atoms with Crippen molar-refractivity contribution in [3.8, 4) is 0 Å². The van der Waals surface area contributed by atoms with Gasteiger partial charge in [0, 0.05) is 36.1 Å². The fourth-order valence-corrected chi connectivity index (χ4v) is 4.37. The minimum absolute atomic E-state index is 0.157. The van der Waals surface area contributed by atoms with Crippen molar-refractivity contribution in [2.45, 2.75) is 37.8 Å². The SMILES string of the molecule is COCCC(C)NS(=O)(=O)c1cc(CN)sc1C. The van der Waals surface area contributed by atoms with Crippen LogP contribution < -0.4 is 10.5 Å². The van der Waals surface area contributed by atoms with E-state index in [4.69, 9.17) is 10.5 Å². The Labute approximate surface area is 112 Å². The number of hydrogen-bond donors (Lipinski definition) is 2. The highest BCUT2D eigenvalue weighted by atomic mass is 32.2. The van der Waals surface area contributed by atoms with Crippen LogP contribution in [0.25, 0.3) is 0 Å². The molecule has 7 heteroatoms. The number of ether oxygens (including phenoxy) is 1. The first kappa shape index (κ1) is 15.6. The quantitative estimate of drug-likeness (QED) is 0.791. The monoisotopic (exact) mass is 292 g/mol. The topological polar surface area (TPSA) is 81.4 Å². The summed E-state index contributed by atoms with van der Waals surface area (Å²) in [5, 5.41) is 0. The third kappa shape index (κ3) is 4.03. The van der Waals surface area contributed by atoms with E-state index in [1.54, 1.807) is 20.1 Å². The molecule has 0 fully saturated rings. The fourth-order valence-electron chi connectivity index (χ4n) is 1.57. The maximum Gasteiger partial charge on any atom is 0.241 e. The molecule has 3 N–H and O–H groups in total. The summed E-state index contributed by atoms with van der Waals surface area (Å²) in [4.78, 5) is 1.97. The lowest BCUT2D eigenvalue weighted by atomic mass is 10.3. The van der Waals surface area contributed by atoms with Gasteiger partial charge >= 0.3 is 0 Å². The summed E-state index contributed by atoms with van der Waals surface area (Å²) < 4.78 is 31.9. The Kier molecular flexibility index (Phi) is 5.74. The van der Waals surface area contributed by atoms with E-state index in [1.165, 1.54) is 11.3 Å². The number of nitrogens with two attached hydrogens (primary N) is 1. The summed E-state index contributed by atoms with van der Waals surface area (Å²) in [5.74, 6) is 0. The molecule has 1 unspecified atom stereocenters. The predicted molar refractivity (Wildman–Crippen MR) is 73.2 cm³/mol. The van der Waals surface area contributed by atoms with Crippen molar-refractivity contribution >= 4 is 21.4 Å². The lowest BCUT2D eigenvalue weighted by Gasteiger charge is -2.13. The largest absolute Gasteiger partial charge is 0.385 e. The number of aryl methyl sites for hydroxylation is 1. The molecule has 5 nitrogen and oxygen atoms in total. The van der Waals surface area contributed by atoms with Crippen LogP contribution in [0.4, 0.5) is 0 Å². The maximum atomic E-state index is 12.2. The second kappa shape index (κ2) is 6.63. The van der Waals surface area contributed by atoms with Crippen molar-refractivity contribution in [1.29, 1.82) is 0 Å². The molecule has 0 aliphatic carbocycles. The van der Waals surface area contributed by atoms with E-state index in [1.807, 2.05) is 6.92 Å². The Balaban J connectivity index is 2.82. The summed E-state index contributed by atoms with van der Waals surface area (Å²) in [6.07, 6.45) is 0.642. The van der Waals surface area contributed by atoms with Crippen molar-refractivity contribution in [2.24, 2.45) is 5.73 Å². The van der Waals surface area contributed by atoms with Crippen LogP contribution in [0.15, 0.2) is 11.0 Å². The first-order valence-corrected chi connectivity index (χ1v) is 8.01. The summed E-state index contributed by atoms with van der Waals surface area (Å²) in [6.45, 7) is 4.50. The van der Waals surface area contributed by atoms with Crippen molar-refractivity contribution in [2.75, 3.05) is 13.7 Å². The van der Waals surface area contributed by atoms with E-state index in [9.17, 15) is 8.42 Å². The molecule has 1 rings (SSSR count). The Morgan fingerprint density at radius 3 is 2.72 bits per heavy atom. The van der Waals surface area contributed by atoms with E-state index >= 15 is 0 Å². The summed E-state index contributed by atoms with van der Waals surface area (Å²) in [6, 6.07) is 1.49. The van der Waals surface area contributed by atoms with E-state index < -0.39 is 10.0 Å². The van der Waals surface area contributed by atoms with Crippen LogP contribution in [0, 0.1) is 6.92 Å². The number of sulfonamides is 1. The van der Waals surface area contributed by atoms with Gasteiger partial charge in [0.2, 0.25) is 10.0 Å². The van der Waals surface area contributed by atoms with Gasteiger partial charge in [0.1, 0.15) is 0 Å². The van der Waals surface area contributed by atoms with Crippen molar-refractivity contribution in [3.63, 3.8) is 0 Å². The fraction of sp³-hybridized carbons (Fsp3) is 0.636. The smallest absolute Gasteiger partial charge is 0.241 e. The number of methoxy groups -OCH3 is 1. The van der Waals surface area contributed by atoms with E-state index in [0.29, 0.717) is 24.5 Å². The summed E-state index contributed by atoms with van der Waals surface area (Å²) in [5.41, 5.74) is 5.52. The molecule has 1 atom stereocenters. The molecule has 1 heterocycles. The van der Waals surface area contributed by atoms with Gasteiger partial charge in [-0.1, -0.05) is 0 Å². The molecule has 0 aromatic carbocycles. The molecule has 0 amide bonds. The highest BCUT2D eigenvalue weighted by Gasteiger charge is 2.21. The normalized spacial score (nSPS) is 13.8.